The van der Waals surface area contributed by atoms with Crippen molar-refractivity contribution in [1.82, 2.24) is 19.8 Å². The van der Waals surface area contributed by atoms with Gasteiger partial charge in [0.05, 0.1) is 5.52 Å². The van der Waals surface area contributed by atoms with Crippen LogP contribution in [0.15, 0.2) is 61.2 Å². The normalized spacial score (nSPS) is 19.7. The van der Waals surface area contributed by atoms with Crippen LogP contribution in [0.4, 0.5) is 10.2 Å². The molecule has 7 nitrogen and oxygen atoms in total. The lowest BCUT2D eigenvalue weighted by Gasteiger charge is -2.40. The maximum Gasteiger partial charge on any atom is 0.319 e. The molecule has 0 saturated carbocycles. The molecule has 0 N–H and O–H groups in total. The van der Waals surface area contributed by atoms with E-state index >= 15 is 4.39 Å². The number of piperazine rings is 1. The quantitative estimate of drug-likeness (QED) is 0.266. The lowest BCUT2D eigenvalue weighted by Crippen LogP contribution is -2.53. The number of benzene rings is 3. The number of aromatic nitrogens is 2. The van der Waals surface area contributed by atoms with Crippen LogP contribution in [0.25, 0.3) is 32.8 Å². The summed E-state index contributed by atoms with van der Waals surface area (Å²) in [6.07, 6.45) is 3.53. The largest absolute Gasteiger partial charge is 0.462 e. The Bertz CT molecular complexity index is 1640. The Kier molecular flexibility index (Phi) is 7.53. The molecule has 1 aromatic heterocycles. The average molecular weight is 574 g/mol. The van der Waals surface area contributed by atoms with E-state index in [2.05, 4.69) is 23.4 Å². The van der Waals surface area contributed by atoms with Gasteiger partial charge in [-0.05, 0) is 68.6 Å². The van der Waals surface area contributed by atoms with Crippen LogP contribution in [0.5, 0.6) is 6.01 Å². The van der Waals surface area contributed by atoms with Crippen molar-refractivity contribution in [1.29, 1.82) is 0 Å². The topological polar surface area (TPSA) is 61.8 Å². The molecule has 0 radical (unpaired) electrons. The van der Waals surface area contributed by atoms with Crippen LogP contribution in [0.3, 0.4) is 0 Å². The minimum absolute atomic E-state index is 0.0563. The molecule has 2 fully saturated rings. The van der Waals surface area contributed by atoms with Crippen LogP contribution >= 0.6 is 11.6 Å². The fourth-order valence-electron chi connectivity index (χ4n) is 6.08. The maximum absolute atomic E-state index is 16.0. The Labute approximate surface area is 244 Å². The van der Waals surface area contributed by atoms with E-state index in [1.807, 2.05) is 43.3 Å². The third-order valence-corrected chi connectivity index (χ3v) is 8.67. The number of carbonyl (C=O) groups is 1. The summed E-state index contributed by atoms with van der Waals surface area (Å²) in [7, 11) is 2.10. The van der Waals surface area contributed by atoms with Crippen molar-refractivity contribution in [2.24, 2.45) is 0 Å². The predicted molar refractivity (Wildman–Crippen MR) is 162 cm³/mol. The van der Waals surface area contributed by atoms with E-state index in [0.717, 1.165) is 30.2 Å². The molecule has 2 saturated heterocycles. The molecule has 2 aliphatic rings. The van der Waals surface area contributed by atoms with Gasteiger partial charge in [-0.3, -0.25) is 4.79 Å². The Morgan fingerprint density at radius 2 is 1.95 bits per heavy atom. The molecule has 3 heterocycles. The number of anilines is 1. The second-order valence-corrected chi connectivity index (χ2v) is 11.3. The summed E-state index contributed by atoms with van der Waals surface area (Å²) in [5.41, 5.74) is 1.70. The molecule has 2 aliphatic heterocycles. The molecule has 3 aromatic carbocycles. The number of hydrogen-bond acceptors (Lipinski definition) is 6. The molecule has 6 rings (SSSR count). The van der Waals surface area contributed by atoms with Gasteiger partial charge >= 0.3 is 6.01 Å². The standard InChI is InChI=1S/C32H33ClFN5O2/c1-4-29(40)38-14-15-39(20(2)18-38)31-25-16-27(34)24(23-11-5-8-21-9-6-12-26(33)30(21)23)17-28(25)35-32(36-31)41-19-22-10-7-13-37(22)3/h4-6,8-9,11-12,16-17,20,22H,1,7,10,13-15,18-19H2,2-3H3. The van der Waals surface area contributed by atoms with Crippen molar-refractivity contribution in [3.8, 4) is 17.1 Å². The Morgan fingerprint density at radius 1 is 1.15 bits per heavy atom. The zero-order chi connectivity index (χ0) is 28.7. The van der Waals surface area contributed by atoms with Crippen LogP contribution in [-0.2, 0) is 4.79 Å². The molecule has 0 aliphatic carbocycles. The fraction of sp³-hybridized carbons (Fsp3) is 0.344. The zero-order valence-corrected chi connectivity index (χ0v) is 24.1. The monoisotopic (exact) mass is 573 g/mol. The highest BCUT2D eigenvalue weighted by atomic mass is 35.5. The highest BCUT2D eigenvalue weighted by molar-refractivity contribution is 6.36. The fourth-order valence-corrected chi connectivity index (χ4v) is 6.37. The first kappa shape index (κ1) is 27.4. The SMILES string of the molecule is C=CC(=O)N1CCN(c2nc(OCC3CCCN3C)nc3cc(-c4cccc5cccc(Cl)c45)c(F)cc23)C(C)C1. The molecular formula is C32H33ClFN5O2. The van der Waals surface area contributed by atoms with E-state index in [9.17, 15) is 4.79 Å². The minimum atomic E-state index is -0.385. The Balaban J connectivity index is 1.45. The Morgan fingerprint density at radius 3 is 2.68 bits per heavy atom. The lowest BCUT2D eigenvalue weighted by atomic mass is 9.96. The summed E-state index contributed by atoms with van der Waals surface area (Å²) < 4.78 is 22.2. The summed E-state index contributed by atoms with van der Waals surface area (Å²) in [5, 5.41) is 2.88. The molecule has 41 heavy (non-hydrogen) atoms. The van der Waals surface area contributed by atoms with E-state index in [4.69, 9.17) is 26.3 Å². The van der Waals surface area contributed by atoms with Crippen LogP contribution < -0.4 is 9.64 Å². The molecule has 212 valence electrons. The minimum Gasteiger partial charge on any atom is -0.462 e. The second kappa shape index (κ2) is 11.3. The molecule has 2 unspecified atom stereocenters. The van der Waals surface area contributed by atoms with E-state index in [1.165, 1.54) is 12.1 Å². The average Bonchev–Trinajstić information content (AvgIpc) is 3.39. The van der Waals surface area contributed by atoms with Crippen molar-refractivity contribution in [3.63, 3.8) is 0 Å². The highest BCUT2D eigenvalue weighted by Crippen LogP contribution is 2.38. The molecular weight excluding hydrogens is 541 g/mol. The van der Waals surface area contributed by atoms with Gasteiger partial charge < -0.3 is 19.4 Å². The lowest BCUT2D eigenvalue weighted by molar-refractivity contribution is -0.126. The molecule has 1 amide bonds. The summed E-state index contributed by atoms with van der Waals surface area (Å²) >= 11 is 6.60. The van der Waals surface area contributed by atoms with Crippen molar-refractivity contribution < 1.29 is 13.9 Å². The van der Waals surface area contributed by atoms with Gasteiger partial charge in [-0.1, -0.05) is 48.5 Å². The third kappa shape index (κ3) is 5.22. The number of nitrogens with zero attached hydrogens (tertiary/aromatic N) is 5. The molecule has 4 aromatic rings. The van der Waals surface area contributed by atoms with Gasteiger partial charge in [-0.2, -0.15) is 9.97 Å². The number of ether oxygens (including phenoxy) is 1. The molecule has 0 spiro atoms. The summed E-state index contributed by atoms with van der Waals surface area (Å²) in [5.74, 6) is 0.117. The first-order valence-corrected chi connectivity index (χ1v) is 14.4. The van der Waals surface area contributed by atoms with Gasteiger partial charge in [0, 0.05) is 53.1 Å². The number of carbonyl (C=O) groups excluding carboxylic acids is 1. The predicted octanol–water partition coefficient (Wildman–Crippen LogP) is 5.94. The van der Waals surface area contributed by atoms with Gasteiger partial charge in [0.15, 0.2) is 0 Å². The molecule has 9 heteroatoms. The maximum atomic E-state index is 16.0. The molecule has 0 bridgehead atoms. The highest BCUT2D eigenvalue weighted by Gasteiger charge is 2.29. The number of hydrogen-bond donors (Lipinski definition) is 0. The zero-order valence-electron chi connectivity index (χ0n) is 23.3. The first-order valence-electron chi connectivity index (χ1n) is 14.0. The van der Waals surface area contributed by atoms with Crippen LogP contribution in [0.2, 0.25) is 5.02 Å². The van der Waals surface area contributed by atoms with E-state index < -0.39 is 0 Å². The second-order valence-electron chi connectivity index (χ2n) is 10.9. The number of likely N-dealkylation sites (N-methyl/N-ethyl adjacent to an activating group) is 1. The van der Waals surface area contributed by atoms with Crippen molar-refractivity contribution in [2.45, 2.75) is 31.8 Å². The summed E-state index contributed by atoms with van der Waals surface area (Å²) in [4.78, 5) is 28.0. The van der Waals surface area contributed by atoms with Gasteiger partial charge in [0.25, 0.3) is 0 Å². The number of fused-ring (bicyclic) bond motifs is 2. The number of halogens is 2. The smallest absolute Gasteiger partial charge is 0.319 e. The van der Waals surface area contributed by atoms with Crippen LogP contribution in [-0.4, -0.2) is 77.6 Å². The van der Waals surface area contributed by atoms with Gasteiger partial charge in [-0.25, -0.2) is 4.39 Å². The molecule has 2 atom stereocenters. The van der Waals surface area contributed by atoms with Gasteiger partial charge in [0.2, 0.25) is 5.91 Å². The van der Waals surface area contributed by atoms with Crippen molar-refractivity contribution >= 4 is 45.0 Å². The first-order chi connectivity index (χ1) is 19.8. The van der Waals surface area contributed by atoms with Crippen molar-refractivity contribution in [2.75, 3.05) is 44.7 Å². The van der Waals surface area contributed by atoms with E-state index in [1.54, 1.807) is 11.0 Å². The van der Waals surface area contributed by atoms with Gasteiger partial charge in [-0.15, -0.1) is 0 Å². The Hall–Kier alpha value is -3.75. The van der Waals surface area contributed by atoms with Gasteiger partial charge in [0.1, 0.15) is 18.2 Å². The number of likely N-dealkylation sites (tertiary alicyclic amines) is 1. The number of amides is 1. The van der Waals surface area contributed by atoms with Crippen molar-refractivity contribution in [3.05, 3.63) is 72.0 Å². The van der Waals surface area contributed by atoms with Crippen LogP contribution in [0, 0.1) is 5.82 Å². The van der Waals surface area contributed by atoms with E-state index in [-0.39, 0.29) is 23.8 Å². The summed E-state index contributed by atoms with van der Waals surface area (Å²) in [6, 6.07) is 15.2. The van der Waals surface area contributed by atoms with Crippen LogP contribution in [0.1, 0.15) is 19.8 Å². The summed E-state index contributed by atoms with van der Waals surface area (Å²) in [6.45, 7) is 8.74. The third-order valence-electron chi connectivity index (χ3n) is 8.35. The van der Waals surface area contributed by atoms with E-state index in [0.29, 0.717) is 65.2 Å². The number of rotatable bonds is 6.